The SMILES string of the molecule is Cc1cccn2nc(NCCc3cccnc3)nc12. The van der Waals surface area contributed by atoms with Crippen molar-refractivity contribution in [2.45, 2.75) is 13.3 Å². The Morgan fingerprint density at radius 2 is 2.21 bits per heavy atom. The summed E-state index contributed by atoms with van der Waals surface area (Å²) in [6.45, 7) is 2.82. The van der Waals surface area contributed by atoms with Gasteiger partial charge in [-0.1, -0.05) is 12.1 Å². The Labute approximate surface area is 111 Å². The first-order valence-electron chi connectivity index (χ1n) is 6.28. The van der Waals surface area contributed by atoms with E-state index < -0.39 is 0 Å². The third-order valence-corrected chi connectivity index (χ3v) is 2.98. The molecule has 0 atom stereocenters. The lowest BCUT2D eigenvalue weighted by atomic mass is 10.2. The van der Waals surface area contributed by atoms with E-state index in [0.717, 1.165) is 24.2 Å². The van der Waals surface area contributed by atoms with Gasteiger partial charge in [0.05, 0.1) is 0 Å². The molecule has 0 saturated carbocycles. The van der Waals surface area contributed by atoms with Gasteiger partial charge in [0.2, 0.25) is 5.95 Å². The molecule has 0 saturated heterocycles. The average Bonchev–Trinajstić information content (AvgIpc) is 2.84. The van der Waals surface area contributed by atoms with Crippen LogP contribution in [0.2, 0.25) is 0 Å². The molecule has 0 spiro atoms. The van der Waals surface area contributed by atoms with E-state index >= 15 is 0 Å². The zero-order valence-corrected chi connectivity index (χ0v) is 10.7. The summed E-state index contributed by atoms with van der Waals surface area (Å²) in [7, 11) is 0. The molecule has 0 fully saturated rings. The minimum absolute atomic E-state index is 0.665. The fourth-order valence-electron chi connectivity index (χ4n) is 1.98. The van der Waals surface area contributed by atoms with Crippen molar-refractivity contribution in [1.82, 2.24) is 19.6 Å². The Morgan fingerprint density at radius 1 is 1.26 bits per heavy atom. The normalized spacial score (nSPS) is 10.8. The van der Waals surface area contributed by atoms with Crippen LogP contribution in [0.15, 0.2) is 42.9 Å². The third kappa shape index (κ3) is 2.54. The number of nitrogens with one attached hydrogen (secondary N) is 1. The lowest BCUT2D eigenvalue weighted by Crippen LogP contribution is -2.06. The maximum Gasteiger partial charge on any atom is 0.243 e. The van der Waals surface area contributed by atoms with Gasteiger partial charge in [-0.25, -0.2) is 4.52 Å². The maximum atomic E-state index is 4.47. The van der Waals surface area contributed by atoms with Crippen LogP contribution in [0.4, 0.5) is 5.95 Å². The van der Waals surface area contributed by atoms with Gasteiger partial charge in [0.25, 0.3) is 0 Å². The second kappa shape index (κ2) is 5.06. The van der Waals surface area contributed by atoms with Crippen LogP contribution in [0.3, 0.4) is 0 Å². The molecule has 0 unspecified atom stereocenters. The summed E-state index contributed by atoms with van der Waals surface area (Å²) in [5.74, 6) is 0.665. The molecular weight excluding hydrogens is 238 g/mol. The molecule has 0 bridgehead atoms. The van der Waals surface area contributed by atoms with Crippen molar-refractivity contribution >= 4 is 11.6 Å². The average molecular weight is 253 g/mol. The highest BCUT2D eigenvalue weighted by atomic mass is 15.3. The van der Waals surface area contributed by atoms with Crippen LogP contribution in [0.5, 0.6) is 0 Å². The molecule has 5 nitrogen and oxygen atoms in total. The van der Waals surface area contributed by atoms with Crippen molar-refractivity contribution in [3.8, 4) is 0 Å². The molecule has 3 rings (SSSR count). The number of fused-ring (bicyclic) bond motifs is 1. The van der Waals surface area contributed by atoms with E-state index in [0.29, 0.717) is 5.95 Å². The number of aryl methyl sites for hydroxylation is 1. The highest BCUT2D eigenvalue weighted by Gasteiger charge is 2.04. The van der Waals surface area contributed by atoms with E-state index in [1.807, 2.05) is 37.5 Å². The number of anilines is 1. The van der Waals surface area contributed by atoms with Crippen molar-refractivity contribution in [2.24, 2.45) is 0 Å². The van der Waals surface area contributed by atoms with Gasteiger partial charge in [0, 0.05) is 25.1 Å². The van der Waals surface area contributed by atoms with Gasteiger partial charge in [-0.2, -0.15) is 4.98 Å². The molecule has 0 aromatic carbocycles. The van der Waals surface area contributed by atoms with E-state index in [-0.39, 0.29) is 0 Å². The minimum Gasteiger partial charge on any atom is -0.353 e. The summed E-state index contributed by atoms with van der Waals surface area (Å²) in [4.78, 5) is 8.56. The van der Waals surface area contributed by atoms with Crippen LogP contribution in [0.25, 0.3) is 5.65 Å². The second-order valence-corrected chi connectivity index (χ2v) is 4.43. The highest BCUT2D eigenvalue weighted by Crippen LogP contribution is 2.09. The van der Waals surface area contributed by atoms with Crippen molar-refractivity contribution in [2.75, 3.05) is 11.9 Å². The van der Waals surface area contributed by atoms with E-state index in [1.54, 1.807) is 10.7 Å². The molecule has 1 N–H and O–H groups in total. The molecule has 5 heteroatoms. The van der Waals surface area contributed by atoms with Crippen LogP contribution in [0.1, 0.15) is 11.1 Å². The fourth-order valence-corrected chi connectivity index (χ4v) is 1.98. The predicted molar refractivity (Wildman–Crippen MR) is 74.2 cm³/mol. The maximum absolute atomic E-state index is 4.47. The van der Waals surface area contributed by atoms with Crippen LogP contribution in [0, 0.1) is 6.92 Å². The monoisotopic (exact) mass is 253 g/mol. The predicted octanol–water partition coefficient (Wildman–Crippen LogP) is 2.09. The Balaban J connectivity index is 1.67. The molecule has 96 valence electrons. The lowest BCUT2D eigenvalue weighted by molar-refractivity contribution is 0.932. The molecule has 3 aromatic heterocycles. The van der Waals surface area contributed by atoms with Crippen molar-refractivity contribution < 1.29 is 0 Å². The summed E-state index contributed by atoms with van der Waals surface area (Å²) in [6, 6.07) is 8.01. The van der Waals surface area contributed by atoms with Crippen LogP contribution < -0.4 is 5.32 Å². The number of hydrogen-bond donors (Lipinski definition) is 1. The van der Waals surface area contributed by atoms with E-state index in [9.17, 15) is 0 Å². The summed E-state index contributed by atoms with van der Waals surface area (Å²) < 4.78 is 1.79. The smallest absolute Gasteiger partial charge is 0.243 e. The molecule has 3 aromatic rings. The number of hydrogen-bond acceptors (Lipinski definition) is 4. The summed E-state index contributed by atoms with van der Waals surface area (Å²) in [6.07, 6.45) is 6.47. The quantitative estimate of drug-likeness (QED) is 0.773. The van der Waals surface area contributed by atoms with E-state index in [4.69, 9.17) is 0 Å². The largest absolute Gasteiger partial charge is 0.353 e. The van der Waals surface area contributed by atoms with Gasteiger partial charge in [-0.3, -0.25) is 4.98 Å². The Bertz CT molecular complexity index is 675. The Kier molecular flexibility index (Phi) is 3.10. The molecule has 0 aliphatic carbocycles. The zero-order chi connectivity index (χ0) is 13.1. The zero-order valence-electron chi connectivity index (χ0n) is 10.7. The summed E-state index contributed by atoms with van der Waals surface area (Å²) >= 11 is 0. The first-order valence-corrected chi connectivity index (χ1v) is 6.28. The summed E-state index contributed by atoms with van der Waals surface area (Å²) in [5, 5.41) is 7.62. The lowest BCUT2D eigenvalue weighted by Gasteiger charge is -2.00. The third-order valence-electron chi connectivity index (χ3n) is 2.98. The van der Waals surface area contributed by atoms with Gasteiger partial charge in [-0.15, -0.1) is 5.10 Å². The van der Waals surface area contributed by atoms with Gasteiger partial charge in [0.15, 0.2) is 5.65 Å². The fraction of sp³-hybridized carbons (Fsp3) is 0.214. The van der Waals surface area contributed by atoms with E-state index in [2.05, 4.69) is 26.4 Å². The molecule has 3 heterocycles. The van der Waals surface area contributed by atoms with Gasteiger partial charge >= 0.3 is 0 Å². The van der Waals surface area contributed by atoms with Gasteiger partial charge in [-0.05, 0) is 36.6 Å². The molecule has 0 aliphatic rings. The second-order valence-electron chi connectivity index (χ2n) is 4.43. The highest BCUT2D eigenvalue weighted by molar-refractivity contribution is 5.49. The number of nitrogens with zero attached hydrogens (tertiary/aromatic N) is 4. The number of pyridine rings is 2. The number of rotatable bonds is 4. The van der Waals surface area contributed by atoms with Crippen LogP contribution in [-0.2, 0) is 6.42 Å². The van der Waals surface area contributed by atoms with Crippen LogP contribution >= 0.6 is 0 Å². The standard InChI is InChI=1S/C14H15N5/c1-11-4-3-9-19-13(11)17-14(18-19)16-8-6-12-5-2-7-15-10-12/h2-5,7,9-10H,6,8H2,1H3,(H,16,18). The first-order chi connectivity index (χ1) is 9.33. The van der Waals surface area contributed by atoms with Crippen molar-refractivity contribution in [1.29, 1.82) is 0 Å². The van der Waals surface area contributed by atoms with E-state index in [1.165, 1.54) is 5.56 Å². The first kappa shape index (κ1) is 11.6. The summed E-state index contributed by atoms with van der Waals surface area (Å²) in [5.41, 5.74) is 3.22. The molecule has 19 heavy (non-hydrogen) atoms. The minimum atomic E-state index is 0.665. The van der Waals surface area contributed by atoms with Crippen molar-refractivity contribution in [3.05, 3.63) is 54.0 Å². The number of aromatic nitrogens is 4. The molecule has 0 radical (unpaired) electrons. The Hall–Kier alpha value is -2.43. The topological polar surface area (TPSA) is 55.1 Å². The van der Waals surface area contributed by atoms with Crippen LogP contribution in [-0.4, -0.2) is 26.1 Å². The van der Waals surface area contributed by atoms with Gasteiger partial charge < -0.3 is 5.32 Å². The van der Waals surface area contributed by atoms with Gasteiger partial charge in [0.1, 0.15) is 0 Å². The molecule has 0 aliphatic heterocycles. The Morgan fingerprint density at radius 3 is 3.00 bits per heavy atom. The molecule has 0 amide bonds. The molecular formula is C14H15N5. The van der Waals surface area contributed by atoms with Crippen molar-refractivity contribution in [3.63, 3.8) is 0 Å².